The van der Waals surface area contributed by atoms with E-state index >= 15 is 0 Å². The van der Waals surface area contributed by atoms with Crippen molar-refractivity contribution in [2.75, 3.05) is 18.1 Å². The van der Waals surface area contributed by atoms with Gasteiger partial charge in [-0.25, -0.2) is 0 Å². The van der Waals surface area contributed by atoms with Gasteiger partial charge >= 0.3 is 11.9 Å². The Kier molecular flexibility index (Phi) is 7.56. The van der Waals surface area contributed by atoms with Gasteiger partial charge in [0.2, 0.25) is 0 Å². The van der Waals surface area contributed by atoms with Gasteiger partial charge in [-0.05, 0) is 12.8 Å². The van der Waals surface area contributed by atoms with Crippen LogP contribution in [0, 0.1) is 0 Å². The number of hydrogen-bond donors (Lipinski definition) is 4. The Morgan fingerprint density at radius 3 is 1.81 bits per heavy atom. The molecule has 0 radical (unpaired) electrons. The van der Waals surface area contributed by atoms with E-state index in [4.69, 9.17) is 15.3 Å². The van der Waals surface area contributed by atoms with E-state index in [1.807, 2.05) is 0 Å². The molecule has 0 aromatic heterocycles. The van der Waals surface area contributed by atoms with Crippen molar-refractivity contribution in [1.29, 1.82) is 0 Å². The Bertz CT molecular complexity index is 227. The zero-order valence-electron chi connectivity index (χ0n) is 8.46. The van der Waals surface area contributed by atoms with Gasteiger partial charge in [0.05, 0.1) is 11.5 Å². The lowest BCUT2D eigenvalue weighted by atomic mass is 10.3. The van der Waals surface area contributed by atoms with Gasteiger partial charge in [0, 0.05) is 6.61 Å². The summed E-state index contributed by atoms with van der Waals surface area (Å²) in [5.74, 6) is -2.78. The molecule has 94 valence electrons. The maximum absolute atomic E-state index is 10.4. The Hall–Kier alpha value is -0.440. The number of rotatable bonds is 9. The summed E-state index contributed by atoms with van der Waals surface area (Å²) in [7, 11) is 0. The van der Waals surface area contributed by atoms with Gasteiger partial charge in [-0.2, -0.15) is 0 Å². The summed E-state index contributed by atoms with van der Waals surface area (Å²) < 4.78 is -1.47. The van der Waals surface area contributed by atoms with Crippen LogP contribution < -0.4 is 0 Å². The summed E-state index contributed by atoms with van der Waals surface area (Å²) in [6.07, 6.45) is 0.426. The molecule has 16 heavy (non-hydrogen) atoms. The van der Waals surface area contributed by atoms with Gasteiger partial charge in [-0.1, -0.05) is 0 Å². The number of hydrogen-bond acceptors (Lipinski definition) is 6. The molecule has 0 bridgehead atoms. The molecule has 0 amide bonds. The molecule has 0 heterocycles. The van der Waals surface area contributed by atoms with Crippen LogP contribution in [0.4, 0.5) is 0 Å². The van der Waals surface area contributed by atoms with Crippen LogP contribution in [-0.2, 0) is 9.59 Å². The molecular formula is C8H14O6S2. The van der Waals surface area contributed by atoms with E-state index in [1.54, 1.807) is 0 Å². The van der Waals surface area contributed by atoms with Crippen molar-refractivity contribution in [1.82, 2.24) is 0 Å². The highest BCUT2D eigenvalue weighted by Gasteiger charge is 2.29. The molecule has 0 aromatic rings. The monoisotopic (exact) mass is 270 g/mol. The van der Waals surface area contributed by atoms with Gasteiger partial charge in [0.1, 0.15) is 0 Å². The summed E-state index contributed by atoms with van der Waals surface area (Å²) in [4.78, 5) is 20.7. The fraction of sp³-hybridized carbons (Fsp3) is 0.750. The van der Waals surface area contributed by atoms with Crippen LogP contribution in [0.5, 0.6) is 0 Å². The first-order valence-corrected chi connectivity index (χ1v) is 6.41. The largest absolute Gasteiger partial charge is 0.481 e. The third-order valence-electron chi connectivity index (χ3n) is 1.49. The minimum Gasteiger partial charge on any atom is -0.481 e. The number of aliphatic hydroxyl groups is 2. The Labute approximate surface area is 101 Å². The molecule has 0 aromatic carbocycles. The molecule has 0 aliphatic rings. The molecule has 0 aliphatic heterocycles. The molecule has 0 saturated heterocycles. The topological polar surface area (TPSA) is 115 Å². The molecule has 0 unspecified atom stereocenters. The van der Waals surface area contributed by atoms with E-state index in [1.165, 1.54) is 0 Å². The lowest BCUT2D eigenvalue weighted by molar-refractivity contribution is -0.134. The second-order valence-electron chi connectivity index (χ2n) is 2.90. The van der Waals surface area contributed by atoms with Crippen molar-refractivity contribution >= 4 is 35.5 Å². The minimum absolute atomic E-state index is 0.135. The summed E-state index contributed by atoms with van der Waals surface area (Å²) >= 11 is 1.52. The molecule has 0 atom stereocenters. The van der Waals surface area contributed by atoms with E-state index in [0.717, 1.165) is 23.5 Å². The molecule has 4 N–H and O–H groups in total. The van der Waals surface area contributed by atoms with E-state index in [2.05, 4.69) is 0 Å². The summed E-state index contributed by atoms with van der Waals surface area (Å²) in [6, 6.07) is 0. The van der Waals surface area contributed by atoms with Crippen LogP contribution in [-0.4, -0.2) is 54.7 Å². The molecule has 0 saturated carbocycles. The highest BCUT2D eigenvalue weighted by Crippen LogP contribution is 2.38. The number of carboxylic acid groups (broad SMARTS) is 2. The Morgan fingerprint density at radius 1 is 1.06 bits per heavy atom. The predicted octanol–water partition coefficient (Wildman–Crippen LogP) is 0.0406. The number of aliphatic carboxylic acids is 2. The first kappa shape index (κ1) is 15.6. The summed E-state index contributed by atoms with van der Waals surface area (Å²) in [5, 5.41) is 35.5. The van der Waals surface area contributed by atoms with Gasteiger partial charge < -0.3 is 20.4 Å². The van der Waals surface area contributed by atoms with E-state index < -0.39 is 16.2 Å². The number of aliphatic hydroxyl groups excluding tert-OH is 1. The second-order valence-corrected chi connectivity index (χ2v) is 5.67. The highest BCUT2D eigenvalue weighted by atomic mass is 32.2. The minimum atomic E-state index is -1.47. The molecular weight excluding hydrogens is 256 g/mol. The van der Waals surface area contributed by atoms with Crippen molar-refractivity contribution in [3.63, 3.8) is 0 Å². The van der Waals surface area contributed by atoms with Crippen LogP contribution in [0.15, 0.2) is 0 Å². The molecule has 0 rings (SSSR count). The standard InChI is InChI=1S/C8H14O6S2/c9-3-1-2-8(14,15-4-6(10)11)16-5-7(12)13/h9,14H,1-5H2,(H,10,11)(H,12,13). The van der Waals surface area contributed by atoms with Crippen molar-refractivity contribution in [3.05, 3.63) is 0 Å². The first-order chi connectivity index (χ1) is 7.39. The predicted molar refractivity (Wildman–Crippen MR) is 61.5 cm³/mol. The maximum Gasteiger partial charge on any atom is 0.313 e. The average Bonchev–Trinajstić information content (AvgIpc) is 2.21. The number of carbonyl (C=O) groups is 2. The van der Waals surface area contributed by atoms with Gasteiger partial charge in [0.15, 0.2) is 4.27 Å². The van der Waals surface area contributed by atoms with Gasteiger partial charge in [0.25, 0.3) is 0 Å². The highest BCUT2D eigenvalue weighted by molar-refractivity contribution is 8.18. The fourth-order valence-corrected chi connectivity index (χ4v) is 2.80. The second kappa shape index (κ2) is 7.77. The van der Waals surface area contributed by atoms with Crippen molar-refractivity contribution in [2.24, 2.45) is 0 Å². The van der Waals surface area contributed by atoms with E-state index in [0.29, 0.717) is 0 Å². The Balaban J connectivity index is 4.22. The van der Waals surface area contributed by atoms with Crippen LogP contribution in [0.25, 0.3) is 0 Å². The normalized spacial score (nSPS) is 11.4. The van der Waals surface area contributed by atoms with E-state index in [-0.39, 0.29) is 31.0 Å². The fourth-order valence-electron chi connectivity index (χ4n) is 0.837. The summed E-state index contributed by atoms with van der Waals surface area (Å²) in [6.45, 7) is -0.135. The number of carboxylic acids is 2. The third-order valence-corrected chi connectivity index (χ3v) is 4.29. The zero-order valence-corrected chi connectivity index (χ0v) is 10.1. The molecule has 8 heteroatoms. The average molecular weight is 270 g/mol. The van der Waals surface area contributed by atoms with Crippen molar-refractivity contribution < 1.29 is 30.0 Å². The summed E-state index contributed by atoms with van der Waals surface area (Å²) in [5.41, 5.74) is 0. The lowest BCUT2D eigenvalue weighted by Gasteiger charge is -2.25. The molecule has 0 spiro atoms. The van der Waals surface area contributed by atoms with Gasteiger partial charge in [-0.15, -0.1) is 23.5 Å². The first-order valence-electron chi connectivity index (χ1n) is 4.44. The van der Waals surface area contributed by atoms with Crippen LogP contribution in [0.2, 0.25) is 0 Å². The molecule has 0 aliphatic carbocycles. The van der Waals surface area contributed by atoms with Crippen LogP contribution in [0.1, 0.15) is 12.8 Å². The van der Waals surface area contributed by atoms with Crippen LogP contribution in [0.3, 0.4) is 0 Å². The SMILES string of the molecule is O=C(O)CSC(O)(CCCO)SCC(=O)O. The number of thioether (sulfide) groups is 2. The van der Waals surface area contributed by atoms with Gasteiger partial charge in [-0.3, -0.25) is 9.59 Å². The van der Waals surface area contributed by atoms with Crippen LogP contribution >= 0.6 is 23.5 Å². The maximum atomic E-state index is 10.4. The Morgan fingerprint density at radius 2 is 1.50 bits per heavy atom. The molecule has 6 nitrogen and oxygen atoms in total. The third kappa shape index (κ3) is 7.80. The lowest BCUT2D eigenvalue weighted by Crippen LogP contribution is -2.24. The zero-order chi connectivity index (χ0) is 12.6. The molecule has 0 fully saturated rings. The quantitative estimate of drug-likeness (QED) is 0.434. The smallest absolute Gasteiger partial charge is 0.313 e. The van der Waals surface area contributed by atoms with Crippen molar-refractivity contribution in [2.45, 2.75) is 17.1 Å². The van der Waals surface area contributed by atoms with Crippen molar-refractivity contribution in [3.8, 4) is 0 Å². The van der Waals surface area contributed by atoms with E-state index in [9.17, 15) is 14.7 Å².